The minimum absolute atomic E-state index is 0.0856. The summed E-state index contributed by atoms with van der Waals surface area (Å²) in [7, 11) is 1.80. The number of nitrogens with zero attached hydrogens (tertiary/aromatic N) is 4. The molecule has 1 N–H and O–H groups in total. The predicted octanol–water partition coefficient (Wildman–Crippen LogP) is 3.59. The number of amides is 1. The number of hydrogen-bond acceptors (Lipinski definition) is 3. The van der Waals surface area contributed by atoms with Crippen LogP contribution in [0.4, 0.5) is 0 Å². The van der Waals surface area contributed by atoms with Gasteiger partial charge in [-0.3, -0.25) is 9.48 Å². The Morgan fingerprint density at radius 1 is 1.27 bits per heavy atom. The number of rotatable bonds is 2. The fraction of sp³-hybridized carbons (Fsp3) is 0.421. The lowest BCUT2D eigenvalue weighted by atomic mass is 9.96. The van der Waals surface area contributed by atoms with Crippen LogP contribution < -0.4 is 0 Å². The summed E-state index contributed by atoms with van der Waals surface area (Å²) in [6.07, 6.45) is 1.77. The number of para-hydroxylation sites is 1. The number of carbonyl (C=O) groups excluding carboxylic acids is 1. The molecular formula is C19H22ClN5O. The lowest BCUT2D eigenvalue weighted by Gasteiger charge is -2.30. The molecule has 0 unspecified atom stereocenters. The lowest BCUT2D eigenvalue weighted by molar-refractivity contribution is 0.0704. The third-order valence-electron chi connectivity index (χ3n) is 5.37. The molecule has 0 bridgehead atoms. The molecule has 3 aromatic rings. The first-order valence-electron chi connectivity index (χ1n) is 8.89. The third-order valence-corrected chi connectivity index (χ3v) is 5.82. The lowest BCUT2D eigenvalue weighted by Crippen LogP contribution is -2.38. The summed E-state index contributed by atoms with van der Waals surface area (Å²) < 4.78 is 1.65. The van der Waals surface area contributed by atoms with Gasteiger partial charge in [-0.05, 0) is 38.3 Å². The number of halogens is 1. The van der Waals surface area contributed by atoms with Crippen molar-refractivity contribution in [2.24, 2.45) is 7.05 Å². The quantitative estimate of drug-likeness (QED) is 0.748. The summed E-state index contributed by atoms with van der Waals surface area (Å²) in [5.74, 6) is 1.28. The Balaban J connectivity index is 1.49. The van der Waals surface area contributed by atoms with E-state index in [1.54, 1.807) is 11.7 Å². The van der Waals surface area contributed by atoms with Crippen LogP contribution in [0.5, 0.6) is 0 Å². The van der Waals surface area contributed by atoms with Crippen molar-refractivity contribution in [1.82, 2.24) is 24.6 Å². The molecule has 0 radical (unpaired) electrons. The van der Waals surface area contributed by atoms with Crippen molar-refractivity contribution in [2.45, 2.75) is 32.6 Å². The van der Waals surface area contributed by atoms with Crippen molar-refractivity contribution in [3.8, 4) is 0 Å². The first-order valence-corrected chi connectivity index (χ1v) is 9.27. The number of likely N-dealkylation sites (tertiary alicyclic amines) is 1. The first kappa shape index (κ1) is 17.1. The molecule has 0 atom stereocenters. The van der Waals surface area contributed by atoms with E-state index in [2.05, 4.69) is 29.1 Å². The Kier molecular flexibility index (Phi) is 4.23. The maximum Gasteiger partial charge on any atom is 0.275 e. The maximum absolute atomic E-state index is 12.8. The molecular weight excluding hydrogens is 350 g/mol. The fourth-order valence-electron chi connectivity index (χ4n) is 3.61. The number of aromatic amines is 1. The molecule has 4 rings (SSSR count). The van der Waals surface area contributed by atoms with Gasteiger partial charge in [0.25, 0.3) is 5.91 Å². The molecule has 136 valence electrons. The van der Waals surface area contributed by atoms with E-state index >= 15 is 0 Å². The predicted molar refractivity (Wildman–Crippen MR) is 102 cm³/mol. The Morgan fingerprint density at radius 2 is 2.00 bits per heavy atom. The Hall–Kier alpha value is -2.34. The van der Waals surface area contributed by atoms with Gasteiger partial charge in [-0.1, -0.05) is 23.7 Å². The van der Waals surface area contributed by atoms with Gasteiger partial charge in [-0.25, -0.2) is 4.98 Å². The molecule has 1 aliphatic heterocycles. The van der Waals surface area contributed by atoms with Crippen LogP contribution in [0.2, 0.25) is 5.02 Å². The Labute approximate surface area is 157 Å². The van der Waals surface area contributed by atoms with Gasteiger partial charge in [-0.2, -0.15) is 5.10 Å². The molecule has 26 heavy (non-hydrogen) atoms. The van der Waals surface area contributed by atoms with E-state index in [-0.39, 0.29) is 5.91 Å². The minimum Gasteiger partial charge on any atom is -0.342 e. The van der Waals surface area contributed by atoms with Crippen molar-refractivity contribution in [3.63, 3.8) is 0 Å². The maximum atomic E-state index is 12.8. The topological polar surface area (TPSA) is 66.8 Å². The molecule has 0 spiro atoms. The van der Waals surface area contributed by atoms with E-state index in [1.807, 2.05) is 17.9 Å². The van der Waals surface area contributed by atoms with E-state index in [0.717, 1.165) is 35.4 Å². The van der Waals surface area contributed by atoms with Crippen LogP contribution in [0.3, 0.4) is 0 Å². The van der Waals surface area contributed by atoms with Crippen molar-refractivity contribution >= 4 is 28.5 Å². The molecule has 3 heterocycles. The normalized spacial score (nSPS) is 15.8. The van der Waals surface area contributed by atoms with E-state index in [1.165, 1.54) is 5.56 Å². The smallest absolute Gasteiger partial charge is 0.275 e. The number of nitrogens with one attached hydrogen (secondary N) is 1. The molecule has 1 saturated heterocycles. The Morgan fingerprint density at radius 3 is 2.62 bits per heavy atom. The van der Waals surface area contributed by atoms with E-state index in [0.29, 0.717) is 29.7 Å². The number of hydrogen-bond donors (Lipinski definition) is 1. The van der Waals surface area contributed by atoms with Crippen LogP contribution in [0.1, 0.15) is 46.3 Å². The first-order chi connectivity index (χ1) is 12.5. The average Bonchev–Trinajstić information content (AvgIpc) is 3.19. The standard InChI is InChI=1S/C19H22ClN5O/c1-11-5-4-6-14-16(11)22-18(21-14)13-7-9-25(10-8-13)19(26)17-15(20)12(2)24(3)23-17/h4-6,13H,7-10H2,1-3H3,(H,21,22). The van der Waals surface area contributed by atoms with Crippen LogP contribution in [-0.2, 0) is 7.05 Å². The molecule has 1 aromatic carbocycles. The number of H-pyrrole nitrogens is 1. The van der Waals surface area contributed by atoms with Crippen molar-refractivity contribution in [3.05, 3.63) is 46.0 Å². The van der Waals surface area contributed by atoms with Crippen LogP contribution in [-0.4, -0.2) is 43.6 Å². The summed E-state index contributed by atoms with van der Waals surface area (Å²) in [5.41, 5.74) is 4.45. The highest BCUT2D eigenvalue weighted by Gasteiger charge is 2.29. The highest BCUT2D eigenvalue weighted by Crippen LogP contribution is 2.30. The molecule has 0 aliphatic carbocycles. The molecule has 1 amide bonds. The average molecular weight is 372 g/mol. The molecule has 2 aromatic heterocycles. The van der Waals surface area contributed by atoms with Crippen LogP contribution in [0.15, 0.2) is 18.2 Å². The van der Waals surface area contributed by atoms with E-state index in [4.69, 9.17) is 16.6 Å². The highest BCUT2D eigenvalue weighted by atomic mass is 35.5. The number of carbonyl (C=O) groups is 1. The van der Waals surface area contributed by atoms with Gasteiger partial charge in [0.1, 0.15) is 5.82 Å². The molecule has 6 nitrogen and oxygen atoms in total. The van der Waals surface area contributed by atoms with Crippen LogP contribution in [0.25, 0.3) is 11.0 Å². The largest absolute Gasteiger partial charge is 0.342 e. The van der Waals surface area contributed by atoms with Crippen molar-refractivity contribution in [2.75, 3.05) is 13.1 Å². The molecule has 0 saturated carbocycles. The van der Waals surface area contributed by atoms with Crippen LogP contribution in [0, 0.1) is 13.8 Å². The van der Waals surface area contributed by atoms with Gasteiger partial charge >= 0.3 is 0 Å². The summed E-state index contributed by atoms with van der Waals surface area (Å²) in [4.78, 5) is 22.8. The van der Waals surface area contributed by atoms with Gasteiger partial charge in [0.15, 0.2) is 5.69 Å². The van der Waals surface area contributed by atoms with Gasteiger partial charge < -0.3 is 9.88 Å². The zero-order valence-electron chi connectivity index (χ0n) is 15.2. The van der Waals surface area contributed by atoms with E-state index in [9.17, 15) is 4.79 Å². The van der Waals surface area contributed by atoms with Gasteiger partial charge in [0.05, 0.1) is 21.7 Å². The van der Waals surface area contributed by atoms with Crippen molar-refractivity contribution in [1.29, 1.82) is 0 Å². The second kappa shape index (κ2) is 6.43. The highest BCUT2D eigenvalue weighted by molar-refractivity contribution is 6.34. The van der Waals surface area contributed by atoms with Gasteiger partial charge in [0.2, 0.25) is 0 Å². The monoisotopic (exact) mass is 371 g/mol. The summed E-state index contributed by atoms with van der Waals surface area (Å²) >= 11 is 6.27. The summed E-state index contributed by atoms with van der Waals surface area (Å²) in [6, 6.07) is 6.18. The number of aromatic nitrogens is 4. The molecule has 1 aliphatic rings. The SMILES string of the molecule is Cc1cccc2[nH]c(C3CCN(C(=O)c4nn(C)c(C)c4Cl)CC3)nc12. The van der Waals surface area contributed by atoms with Gasteiger partial charge in [-0.15, -0.1) is 0 Å². The zero-order chi connectivity index (χ0) is 18.4. The third kappa shape index (κ3) is 2.78. The minimum atomic E-state index is -0.0856. The van der Waals surface area contributed by atoms with Crippen molar-refractivity contribution < 1.29 is 4.79 Å². The summed E-state index contributed by atoms with van der Waals surface area (Å²) in [6.45, 7) is 5.31. The second-order valence-electron chi connectivity index (χ2n) is 7.03. The van der Waals surface area contributed by atoms with Crippen LogP contribution >= 0.6 is 11.6 Å². The number of benzene rings is 1. The second-order valence-corrected chi connectivity index (χ2v) is 7.41. The number of aryl methyl sites for hydroxylation is 2. The zero-order valence-corrected chi connectivity index (χ0v) is 16.0. The number of imidazole rings is 1. The van der Waals surface area contributed by atoms with E-state index < -0.39 is 0 Å². The number of piperidine rings is 1. The molecule has 1 fully saturated rings. The van der Waals surface area contributed by atoms with Gasteiger partial charge in [0, 0.05) is 26.1 Å². The summed E-state index contributed by atoms with van der Waals surface area (Å²) in [5, 5.41) is 4.73. The number of fused-ring (bicyclic) bond motifs is 1. The Bertz CT molecular complexity index is 981. The fourth-order valence-corrected chi connectivity index (χ4v) is 3.85. The molecule has 7 heteroatoms.